The van der Waals surface area contributed by atoms with Crippen molar-refractivity contribution in [2.24, 2.45) is 7.05 Å². The molecule has 0 aliphatic carbocycles. The minimum Gasteiger partial charge on any atom is -1.00 e. The highest BCUT2D eigenvalue weighted by atomic mass is 127. The van der Waals surface area contributed by atoms with Crippen molar-refractivity contribution in [2.45, 2.75) is 0 Å². The van der Waals surface area contributed by atoms with Crippen LogP contribution < -0.4 is 28.5 Å². The third-order valence-electron chi connectivity index (χ3n) is 3.72. The average molecular weight is 439 g/mol. The summed E-state index contributed by atoms with van der Waals surface area (Å²) < 4.78 is 3.36. The minimum atomic E-state index is 0. The molecule has 20 heavy (non-hydrogen) atoms. The molecular weight excluding hydrogens is 427 g/mol. The van der Waals surface area contributed by atoms with Crippen molar-refractivity contribution >= 4 is 48.8 Å². The van der Waals surface area contributed by atoms with E-state index in [9.17, 15) is 0 Å². The summed E-state index contributed by atoms with van der Waals surface area (Å²) in [6.07, 6.45) is 0. The summed E-state index contributed by atoms with van der Waals surface area (Å²) in [7, 11) is 2.12. The van der Waals surface area contributed by atoms with Crippen molar-refractivity contribution in [1.82, 2.24) is 4.98 Å². The predicted molar refractivity (Wildman–Crippen MR) is 82.2 cm³/mol. The Bertz CT molecular complexity index is 943. The normalized spacial score (nSPS) is 11.1. The number of hydrogen-bond acceptors (Lipinski definition) is 0. The van der Waals surface area contributed by atoms with E-state index < -0.39 is 0 Å². The standard InChI is InChI=1S/C16H11BrN2.HI/c1-19-14-8-3-2-5-10(14)9-13-16(19)11-6-4-7-12(17)15(11)18-13;/h2-9H,1H3;1H. The van der Waals surface area contributed by atoms with Gasteiger partial charge in [0.15, 0.2) is 0 Å². The first kappa shape index (κ1) is 13.8. The van der Waals surface area contributed by atoms with Crippen molar-refractivity contribution in [2.75, 3.05) is 0 Å². The second kappa shape index (κ2) is 5.00. The van der Waals surface area contributed by atoms with Gasteiger partial charge < -0.3 is 29.0 Å². The lowest BCUT2D eigenvalue weighted by Gasteiger charge is -1.98. The zero-order valence-electron chi connectivity index (χ0n) is 10.8. The monoisotopic (exact) mass is 438 g/mol. The number of nitrogens with zero attached hydrogens (tertiary/aromatic N) is 1. The first-order chi connectivity index (χ1) is 9.25. The molecule has 1 N–H and O–H groups in total. The van der Waals surface area contributed by atoms with Gasteiger partial charge in [0, 0.05) is 15.9 Å². The molecule has 0 aliphatic rings. The maximum Gasteiger partial charge on any atom is 0.238 e. The number of aromatic nitrogens is 2. The molecule has 0 radical (unpaired) electrons. The number of benzene rings is 2. The number of H-pyrrole nitrogens is 1. The summed E-state index contributed by atoms with van der Waals surface area (Å²) in [6, 6.07) is 17.0. The van der Waals surface area contributed by atoms with E-state index in [0.29, 0.717) is 0 Å². The van der Waals surface area contributed by atoms with Crippen LogP contribution in [0, 0.1) is 0 Å². The molecule has 4 heteroatoms. The molecule has 0 saturated heterocycles. The molecule has 0 atom stereocenters. The van der Waals surface area contributed by atoms with Gasteiger partial charge in [-0.15, -0.1) is 0 Å². The number of pyridine rings is 1. The van der Waals surface area contributed by atoms with Crippen molar-refractivity contribution in [3.8, 4) is 0 Å². The lowest BCUT2D eigenvalue weighted by atomic mass is 10.1. The SMILES string of the molecule is C[n+]1c2ccccc2cc2[nH]c3c(Br)cccc3c21.[I-]. The Labute approximate surface area is 141 Å². The van der Waals surface area contributed by atoms with Gasteiger partial charge >= 0.3 is 0 Å². The van der Waals surface area contributed by atoms with E-state index in [4.69, 9.17) is 0 Å². The zero-order valence-corrected chi connectivity index (χ0v) is 14.6. The molecule has 4 aromatic rings. The van der Waals surface area contributed by atoms with Crippen LogP contribution in [0.15, 0.2) is 53.0 Å². The van der Waals surface area contributed by atoms with Gasteiger partial charge in [0.1, 0.15) is 12.6 Å². The highest BCUT2D eigenvalue weighted by Gasteiger charge is 2.17. The van der Waals surface area contributed by atoms with Gasteiger partial charge in [-0.25, -0.2) is 0 Å². The molecule has 0 amide bonds. The summed E-state index contributed by atoms with van der Waals surface area (Å²) in [5.41, 5.74) is 4.82. The van der Waals surface area contributed by atoms with E-state index in [1.165, 1.54) is 27.3 Å². The number of para-hydroxylation sites is 2. The lowest BCUT2D eigenvalue weighted by Crippen LogP contribution is -3.00. The molecule has 2 nitrogen and oxygen atoms in total. The highest BCUT2D eigenvalue weighted by Crippen LogP contribution is 2.29. The average Bonchev–Trinajstić information content (AvgIpc) is 2.79. The maximum absolute atomic E-state index is 3.61. The summed E-state index contributed by atoms with van der Waals surface area (Å²) in [6.45, 7) is 0. The Hall–Kier alpha value is -1.14. The molecule has 0 aliphatic heterocycles. The molecule has 2 aromatic carbocycles. The topological polar surface area (TPSA) is 19.7 Å². The van der Waals surface area contributed by atoms with Crippen LogP contribution in [0.2, 0.25) is 0 Å². The smallest absolute Gasteiger partial charge is 0.238 e. The molecule has 2 heterocycles. The summed E-state index contributed by atoms with van der Waals surface area (Å²) in [4.78, 5) is 3.51. The van der Waals surface area contributed by atoms with Gasteiger partial charge in [-0.2, -0.15) is 4.57 Å². The van der Waals surface area contributed by atoms with Gasteiger partial charge in [-0.1, -0.05) is 18.2 Å². The third-order valence-corrected chi connectivity index (χ3v) is 4.38. The summed E-state index contributed by atoms with van der Waals surface area (Å²) in [5.74, 6) is 0. The maximum atomic E-state index is 3.61. The van der Waals surface area contributed by atoms with Gasteiger partial charge in [-0.05, 0) is 40.2 Å². The van der Waals surface area contributed by atoms with Gasteiger partial charge in [0.05, 0.1) is 10.9 Å². The van der Waals surface area contributed by atoms with Gasteiger partial charge in [0.2, 0.25) is 11.0 Å². The third kappa shape index (κ3) is 1.85. The molecule has 100 valence electrons. The van der Waals surface area contributed by atoms with Crippen molar-refractivity contribution in [1.29, 1.82) is 0 Å². The second-order valence-corrected chi connectivity index (χ2v) is 5.67. The number of hydrogen-bond donors (Lipinski definition) is 1. The quantitative estimate of drug-likeness (QED) is 0.313. The van der Waals surface area contributed by atoms with Crippen molar-refractivity contribution < 1.29 is 28.5 Å². The number of halogens is 2. The summed E-state index contributed by atoms with van der Waals surface area (Å²) >= 11 is 3.61. The Morgan fingerprint density at radius 1 is 1.05 bits per heavy atom. The molecular formula is C16H12BrIN2. The molecule has 2 aromatic heterocycles. The molecule has 0 fully saturated rings. The number of rotatable bonds is 0. The Balaban J connectivity index is 0.00000121. The van der Waals surface area contributed by atoms with E-state index in [2.05, 4.69) is 81.1 Å². The van der Waals surface area contributed by atoms with Crippen LogP contribution in [0.4, 0.5) is 0 Å². The molecule has 0 bridgehead atoms. The van der Waals surface area contributed by atoms with Gasteiger partial charge in [-0.3, -0.25) is 0 Å². The molecule has 0 saturated carbocycles. The lowest BCUT2D eigenvalue weighted by molar-refractivity contribution is -0.616. The Kier molecular flexibility index (Phi) is 3.46. The van der Waals surface area contributed by atoms with E-state index in [-0.39, 0.29) is 24.0 Å². The molecule has 4 rings (SSSR count). The van der Waals surface area contributed by atoms with Crippen LogP contribution in [-0.2, 0) is 7.05 Å². The number of aromatic amines is 1. The zero-order chi connectivity index (χ0) is 13.0. The van der Waals surface area contributed by atoms with E-state index >= 15 is 0 Å². The van der Waals surface area contributed by atoms with Crippen molar-refractivity contribution in [3.63, 3.8) is 0 Å². The fourth-order valence-corrected chi connectivity index (χ4v) is 3.31. The second-order valence-electron chi connectivity index (χ2n) is 4.81. The number of fused-ring (bicyclic) bond motifs is 4. The first-order valence-electron chi connectivity index (χ1n) is 6.23. The van der Waals surface area contributed by atoms with E-state index in [1.54, 1.807) is 0 Å². The largest absolute Gasteiger partial charge is 1.00 e. The van der Waals surface area contributed by atoms with Gasteiger partial charge in [0.25, 0.3) is 0 Å². The summed E-state index contributed by atoms with van der Waals surface area (Å²) in [5, 5.41) is 2.50. The van der Waals surface area contributed by atoms with Crippen LogP contribution in [0.5, 0.6) is 0 Å². The number of aryl methyl sites for hydroxylation is 1. The molecule has 0 unspecified atom stereocenters. The minimum absolute atomic E-state index is 0. The van der Waals surface area contributed by atoms with Crippen LogP contribution in [-0.4, -0.2) is 4.98 Å². The predicted octanol–water partition coefficient (Wildman–Crippen LogP) is 1.07. The first-order valence-corrected chi connectivity index (χ1v) is 7.03. The Morgan fingerprint density at radius 3 is 2.70 bits per heavy atom. The number of nitrogens with one attached hydrogen (secondary N) is 1. The fraction of sp³-hybridized carbons (Fsp3) is 0.0625. The van der Waals surface area contributed by atoms with Crippen LogP contribution in [0.1, 0.15) is 0 Å². The van der Waals surface area contributed by atoms with E-state index in [1.807, 2.05) is 0 Å². The van der Waals surface area contributed by atoms with Crippen LogP contribution in [0.3, 0.4) is 0 Å². The highest BCUT2D eigenvalue weighted by molar-refractivity contribution is 9.10. The Morgan fingerprint density at radius 2 is 1.85 bits per heavy atom. The molecule has 0 spiro atoms. The van der Waals surface area contributed by atoms with E-state index in [0.717, 1.165) is 9.99 Å². The van der Waals surface area contributed by atoms with Crippen molar-refractivity contribution in [3.05, 3.63) is 53.0 Å². The van der Waals surface area contributed by atoms with Crippen LogP contribution in [0.25, 0.3) is 32.8 Å². The fourth-order valence-electron chi connectivity index (χ4n) is 2.84. The van der Waals surface area contributed by atoms with Crippen LogP contribution >= 0.6 is 15.9 Å².